The fraction of sp³-hybridized carbons (Fsp3) is 0.368. The van der Waals surface area contributed by atoms with Crippen LogP contribution in [0.15, 0.2) is 34.9 Å². The van der Waals surface area contributed by atoms with Gasteiger partial charge in [-0.1, -0.05) is 0 Å². The predicted molar refractivity (Wildman–Crippen MR) is 104 cm³/mol. The minimum absolute atomic E-state index is 0.0117. The number of carbonyl (C=O) groups excluding carboxylic acids is 1. The SMILES string of the molecule is COc1cc(OC)cc(C(=O)N2CCN(c3ncc(Br)cc3C)CC2)c1. The molecule has 0 bridgehead atoms. The largest absolute Gasteiger partial charge is 0.497 e. The molecule has 1 saturated heterocycles. The van der Waals surface area contributed by atoms with Crippen LogP contribution in [0.3, 0.4) is 0 Å². The first kappa shape index (κ1) is 18.5. The molecule has 0 saturated carbocycles. The van der Waals surface area contributed by atoms with Gasteiger partial charge in [0.2, 0.25) is 0 Å². The Morgan fingerprint density at radius 1 is 1.04 bits per heavy atom. The van der Waals surface area contributed by atoms with Crippen molar-refractivity contribution < 1.29 is 14.3 Å². The zero-order chi connectivity index (χ0) is 18.7. The molecule has 2 heterocycles. The summed E-state index contributed by atoms with van der Waals surface area (Å²) >= 11 is 3.44. The molecule has 0 unspecified atom stereocenters. The first-order valence-electron chi connectivity index (χ1n) is 8.41. The molecular formula is C19H22BrN3O3. The molecule has 0 atom stereocenters. The lowest BCUT2D eigenvalue weighted by Gasteiger charge is -2.36. The lowest BCUT2D eigenvalue weighted by atomic mass is 10.1. The van der Waals surface area contributed by atoms with Crippen LogP contribution in [0.25, 0.3) is 0 Å². The van der Waals surface area contributed by atoms with Crippen molar-refractivity contribution in [2.24, 2.45) is 0 Å². The van der Waals surface area contributed by atoms with Crippen LogP contribution < -0.4 is 14.4 Å². The van der Waals surface area contributed by atoms with Crippen molar-refractivity contribution in [3.05, 3.63) is 46.1 Å². The molecule has 1 fully saturated rings. The minimum atomic E-state index is -0.0117. The topological polar surface area (TPSA) is 54.9 Å². The second-order valence-electron chi connectivity index (χ2n) is 6.17. The summed E-state index contributed by atoms with van der Waals surface area (Å²) in [5.74, 6) is 2.19. The van der Waals surface area contributed by atoms with Gasteiger partial charge in [-0.05, 0) is 46.6 Å². The van der Waals surface area contributed by atoms with Crippen molar-refractivity contribution in [1.82, 2.24) is 9.88 Å². The van der Waals surface area contributed by atoms with Gasteiger partial charge in [-0.25, -0.2) is 4.98 Å². The molecule has 0 radical (unpaired) electrons. The number of aryl methyl sites for hydroxylation is 1. The summed E-state index contributed by atoms with van der Waals surface area (Å²) in [6, 6.07) is 7.31. The van der Waals surface area contributed by atoms with E-state index in [1.54, 1.807) is 32.4 Å². The van der Waals surface area contributed by atoms with E-state index in [2.05, 4.69) is 31.9 Å². The van der Waals surface area contributed by atoms with Crippen molar-refractivity contribution >= 4 is 27.7 Å². The number of hydrogen-bond acceptors (Lipinski definition) is 5. The number of piperazine rings is 1. The molecule has 0 spiro atoms. The predicted octanol–water partition coefficient (Wildman–Crippen LogP) is 3.13. The monoisotopic (exact) mass is 419 g/mol. The average Bonchev–Trinajstić information content (AvgIpc) is 2.67. The van der Waals surface area contributed by atoms with Gasteiger partial charge >= 0.3 is 0 Å². The average molecular weight is 420 g/mol. The molecule has 1 aromatic carbocycles. The summed E-state index contributed by atoms with van der Waals surface area (Å²) in [5.41, 5.74) is 1.70. The normalized spacial score (nSPS) is 14.3. The number of pyridine rings is 1. The first-order valence-corrected chi connectivity index (χ1v) is 9.20. The number of rotatable bonds is 4. The highest BCUT2D eigenvalue weighted by Crippen LogP contribution is 2.25. The van der Waals surface area contributed by atoms with Gasteiger partial charge in [0.1, 0.15) is 17.3 Å². The molecule has 7 heteroatoms. The molecule has 1 amide bonds. The van der Waals surface area contributed by atoms with Gasteiger partial charge in [0.15, 0.2) is 0 Å². The number of amides is 1. The van der Waals surface area contributed by atoms with E-state index in [-0.39, 0.29) is 5.91 Å². The van der Waals surface area contributed by atoms with Gasteiger partial charge in [0.25, 0.3) is 5.91 Å². The maximum absolute atomic E-state index is 12.9. The van der Waals surface area contributed by atoms with Gasteiger partial charge in [0, 0.05) is 48.5 Å². The van der Waals surface area contributed by atoms with Gasteiger partial charge in [-0.2, -0.15) is 0 Å². The summed E-state index contributed by atoms with van der Waals surface area (Å²) in [6.07, 6.45) is 1.81. The Morgan fingerprint density at radius 2 is 1.65 bits per heavy atom. The van der Waals surface area contributed by atoms with E-state index in [0.717, 1.165) is 28.9 Å². The van der Waals surface area contributed by atoms with Crippen LogP contribution in [0.4, 0.5) is 5.82 Å². The lowest BCUT2D eigenvalue weighted by Crippen LogP contribution is -2.49. The summed E-state index contributed by atoms with van der Waals surface area (Å²) in [7, 11) is 3.16. The van der Waals surface area contributed by atoms with Crippen LogP contribution in [0.2, 0.25) is 0 Å². The van der Waals surface area contributed by atoms with E-state index in [4.69, 9.17) is 9.47 Å². The lowest BCUT2D eigenvalue weighted by molar-refractivity contribution is 0.0745. The molecule has 26 heavy (non-hydrogen) atoms. The fourth-order valence-electron chi connectivity index (χ4n) is 3.10. The highest BCUT2D eigenvalue weighted by molar-refractivity contribution is 9.10. The smallest absolute Gasteiger partial charge is 0.254 e. The van der Waals surface area contributed by atoms with Crippen LogP contribution in [-0.2, 0) is 0 Å². The summed E-state index contributed by atoms with van der Waals surface area (Å²) in [6.45, 7) is 4.85. The quantitative estimate of drug-likeness (QED) is 0.761. The Bertz CT molecular complexity index is 782. The minimum Gasteiger partial charge on any atom is -0.497 e. The molecule has 6 nitrogen and oxygen atoms in total. The number of anilines is 1. The van der Waals surface area contributed by atoms with Crippen molar-refractivity contribution in [3.8, 4) is 11.5 Å². The number of carbonyl (C=O) groups is 1. The number of methoxy groups -OCH3 is 2. The summed E-state index contributed by atoms with van der Waals surface area (Å²) in [5, 5.41) is 0. The molecular weight excluding hydrogens is 398 g/mol. The van der Waals surface area contributed by atoms with Crippen LogP contribution in [-0.4, -0.2) is 56.2 Å². The van der Waals surface area contributed by atoms with E-state index in [1.807, 2.05) is 18.0 Å². The second kappa shape index (κ2) is 7.95. The zero-order valence-electron chi connectivity index (χ0n) is 15.2. The second-order valence-corrected chi connectivity index (χ2v) is 7.09. The fourth-order valence-corrected chi connectivity index (χ4v) is 3.54. The summed E-state index contributed by atoms with van der Waals surface area (Å²) < 4.78 is 11.5. The van der Waals surface area contributed by atoms with Gasteiger partial charge in [0.05, 0.1) is 14.2 Å². The van der Waals surface area contributed by atoms with E-state index in [0.29, 0.717) is 30.2 Å². The molecule has 2 aromatic rings. The molecule has 0 aliphatic carbocycles. The molecule has 1 aliphatic rings. The molecule has 3 rings (SSSR count). The standard InChI is InChI=1S/C19H22BrN3O3/c1-13-8-15(20)12-21-18(13)22-4-6-23(7-5-22)19(24)14-9-16(25-2)11-17(10-14)26-3/h8-12H,4-7H2,1-3H3. The van der Waals surface area contributed by atoms with Crippen molar-refractivity contribution in [2.75, 3.05) is 45.3 Å². The van der Waals surface area contributed by atoms with Gasteiger partial charge < -0.3 is 19.3 Å². The number of nitrogens with zero attached hydrogens (tertiary/aromatic N) is 3. The van der Waals surface area contributed by atoms with E-state index in [1.165, 1.54) is 0 Å². The molecule has 1 aromatic heterocycles. The molecule has 0 N–H and O–H groups in total. The number of ether oxygens (including phenoxy) is 2. The molecule has 1 aliphatic heterocycles. The number of halogens is 1. The maximum Gasteiger partial charge on any atom is 0.254 e. The van der Waals surface area contributed by atoms with Gasteiger partial charge in [-0.3, -0.25) is 4.79 Å². The Kier molecular flexibility index (Phi) is 5.66. The van der Waals surface area contributed by atoms with Crippen LogP contribution in [0.5, 0.6) is 11.5 Å². The maximum atomic E-state index is 12.9. The highest BCUT2D eigenvalue weighted by atomic mass is 79.9. The van der Waals surface area contributed by atoms with E-state index < -0.39 is 0 Å². The highest BCUT2D eigenvalue weighted by Gasteiger charge is 2.24. The Balaban J connectivity index is 1.70. The molecule has 138 valence electrons. The third-order valence-corrected chi connectivity index (χ3v) is 4.92. The first-order chi connectivity index (χ1) is 12.5. The van der Waals surface area contributed by atoms with Crippen molar-refractivity contribution in [1.29, 1.82) is 0 Å². The zero-order valence-corrected chi connectivity index (χ0v) is 16.7. The summed E-state index contributed by atoms with van der Waals surface area (Å²) in [4.78, 5) is 21.5. The Morgan fingerprint density at radius 3 is 2.19 bits per heavy atom. The van der Waals surface area contributed by atoms with Gasteiger partial charge in [-0.15, -0.1) is 0 Å². The van der Waals surface area contributed by atoms with Crippen LogP contribution >= 0.6 is 15.9 Å². The number of benzene rings is 1. The van der Waals surface area contributed by atoms with E-state index >= 15 is 0 Å². The van der Waals surface area contributed by atoms with E-state index in [9.17, 15) is 4.79 Å². The Hall–Kier alpha value is -2.28. The third-order valence-electron chi connectivity index (χ3n) is 4.48. The number of aromatic nitrogens is 1. The van der Waals surface area contributed by atoms with Crippen molar-refractivity contribution in [2.45, 2.75) is 6.92 Å². The number of hydrogen-bond donors (Lipinski definition) is 0. The van der Waals surface area contributed by atoms with Crippen LogP contribution in [0.1, 0.15) is 15.9 Å². The van der Waals surface area contributed by atoms with Crippen LogP contribution in [0, 0.1) is 6.92 Å². The third kappa shape index (κ3) is 3.93. The Labute approximate surface area is 161 Å². The van der Waals surface area contributed by atoms with Crippen molar-refractivity contribution in [3.63, 3.8) is 0 Å².